The average molecular weight is 287 g/mol. The van der Waals surface area contributed by atoms with E-state index in [1.165, 1.54) is 5.69 Å². The van der Waals surface area contributed by atoms with Gasteiger partial charge < -0.3 is 19.9 Å². The van der Waals surface area contributed by atoms with Crippen molar-refractivity contribution < 1.29 is 0 Å². The first-order valence-corrected chi connectivity index (χ1v) is 7.84. The fourth-order valence-corrected chi connectivity index (χ4v) is 2.89. The number of aromatic nitrogens is 2. The average Bonchev–Trinajstić information content (AvgIpc) is 2.87. The maximum atomic E-state index is 6.21. The number of imidazole rings is 1. The molecule has 21 heavy (non-hydrogen) atoms. The Morgan fingerprint density at radius 1 is 1.24 bits per heavy atom. The van der Waals surface area contributed by atoms with Crippen LogP contribution in [-0.2, 0) is 6.42 Å². The fraction of sp³-hybridized carbons (Fsp3) is 0.562. The first-order valence-electron chi connectivity index (χ1n) is 7.84. The lowest BCUT2D eigenvalue weighted by atomic mass is 10.1. The second-order valence-corrected chi connectivity index (χ2v) is 5.97. The Balaban J connectivity index is 1.98. The van der Waals surface area contributed by atoms with Gasteiger partial charge in [-0.2, -0.15) is 0 Å². The topological polar surface area (TPSA) is 49.8 Å². The molecule has 2 aromatic heterocycles. The van der Waals surface area contributed by atoms with E-state index in [1.807, 2.05) is 6.07 Å². The van der Waals surface area contributed by atoms with E-state index in [0.29, 0.717) is 0 Å². The Hall–Kier alpha value is -1.59. The van der Waals surface area contributed by atoms with Gasteiger partial charge in [0.1, 0.15) is 5.65 Å². The quantitative estimate of drug-likeness (QED) is 0.922. The monoisotopic (exact) mass is 287 g/mol. The normalized spacial score (nSPS) is 18.3. The number of hydrogen-bond donors (Lipinski definition) is 1. The maximum absolute atomic E-state index is 6.21. The number of nitrogens with two attached hydrogens (primary N) is 1. The van der Waals surface area contributed by atoms with Gasteiger partial charge in [-0.15, -0.1) is 0 Å². The highest BCUT2D eigenvalue weighted by Crippen LogP contribution is 2.24. The molecule has 5 heteroatoms. The van der Waals surface area contributed by atoms with Crippen molar-refractivity contribution in [3.63, 3.8) is 0 Å². The van der Waals surface area contributed by atoms with E-state index in [2.05, 4.69) is 46.5 Å². The lowest BCUT2D eigenvalue weighted by molar-refractivity contribution is 0.312. The van der Waals surface area contributed by atoms with Crippen molar-refractivity contribution in [2.24, 2.45) is 5.73 Å². The van der Waals surface area contributed by atoms with E-state index >= 15 is 0 Å². The van der Waals surface area contributed by atoms with E-state index in [0.717, 1.165) is 50.5 Å². The number of hydrogen-bond acceptors (Lipinski definition) is 4. The van der Waals surface area contributed by atoms with Crippen molar-refractivity contribution in [3.8, 4) is 0 Å². The van der Waals surface area contributed by atoms with Gasteiger partial charge in [0, 0.05) is 44.8 Å². The third-order valence-electron chi connectivity index (χ3n) is 4.39. The number of likely N-dealkylation sites (N-methyl/N-ethyl adjacent to an activating group) is 1. The van der Waals surface area contributed by atoms with E-state index < -0.39 is 0 Å². The van der Waals surface area contributed by atoms with Gasteiger partial charge in [0.05, 0.1) is 5.69 Å². The summed E-state index contributed by atoms with van der Waals surface area (Å²) < 4.78 is 2.20. The van der Waals surface area contributed by atoms with Crippen LogP contribution < -0.4 is 10.6 Å². The van der Waals surface area contributed by atoms with Crippen molar-refractivity contribution in [2.75, 3.05) is 38.1 Å². The second-order valence-electron chi connectivity index (χ2n) is 5.97. The van der Waals surface area contributed by atoms with Crippen LogP contribution in [0.3, 0.4) is 0 Å². The first-order chi connectivity index (χ1) is 10.2. The number of rotatable bonds is 4. The molecule has 0 amide bonds. The van der Waals surface area contributed by atoms with Gasteiger partial charge in [-0.3, -0.25) is 0 Å². The van der Waals surface area contributed by atoms with Crippen molar-refractivity contribution in [3.05, 3.63) is 30.1 Å². The Morgan fingerprint density at radius 3 is 2.71 bits per heavy atom. The van der Waals surface area contributed by atoms with E-state index in [4.69, 9.17) is 10.7 Å². The van der Waals surface area contributed by atoms with Crippen LogP contribution in [0.1, 0.15) is 19.0 Å². The molecular weight excluding hydrogens is 262 g/mol. The Bertz CT molecular complexity index is 598. The van der Waals surface area contributed by atoms with Gasteiger partial charge >= 0.3 is 0 Å². The Kier molecular flexibility index (Phi) is 4.12. The highest BCUT2D eigenvalue weighted by atomic mass is 15.3. The summed E-state index contributed by atoms with van der Waals surface area (Å²) in [5.74, 6) is 1.12. The van der Waals surface area contributed by atoms with Crippen LogP contribution in [0.15, 0.2) is 24.4 Å². The standard InChI is InChI=1S/C16H25N5/c1-3-13(17)12-14-16(20-10-8-19(2)9-11-20)18-15-6-4-5-7-21(14)15/h4-7,13H,3,8-12,17H2,1-2H3. The maximum Gasteiger partial charge on any atom is 0.151 e. The fourth-order valence-electron chi connectivity index (χ4n) is 2.89. The Labute approximate surface area is 126 Å². The number of nitrogens with zero attached hydrogens (tertiary/aromatic N) is 4. The molecule has 1 aliphatic heterocycles. The summed E-state index contributed by atoms with van der Waals surface area (Å²) in [5.41, 5.74) is 8.48. The van der Waals surface area contributed by atoms with Crippen LogP contribution in [0, 0.1) is 0 Å². The molecule has 1 saturated heterocycles. The Morgan fingerprint density at radius 2 is 2.00 bits per heavy atom. The lowest BCUT2D eigenvalue weighted by Gasteiger charge is -2.33. The van der Waals surface area contributed by atoms with Crippen LogP contribution in [0.5, 0.6) is 0 Å². The minimum Gasteiger partial charge on any atom is -0.353 e. The third kappa shape index (κ3) is 2.89. The molecule has 0 radical (unpaired) electrons. The molecule has 1 aliphatic rings. The third-order valence-corrected chi connectivity index (χ3v) is 4.39. The summed E-state index contributed by atoms with van der Waals surface area (Å²) in [6.07, 6.45) is 3.96. The predicted octanol–water partition coefficient (Wildman–Crippen LogP) is 1.37. The summed E-state index contributed by atoms with van der Waals surface area (Å²) in [7, 11) is 2.18. The molecule has 3 heterocycles. The molecule has 2 aromatic rings. The van der Waals surface area contributed by atoms with Gasteiger partial charge in [0.2, 0.25) is 0 Å². The van der Waals surface area contributed by atoms with E-state index in [1.54, 1.807) is 0 Å². The van der Waals surface area contributed by atoms with Crippen LogP contribution in [0.2, 0.25) is 0 Å². The van der Waals surface area contributed by atoms with Crippen LogP contribution in [0.4, 0.5) is 5.82 Å². The highest BCUT2D eigenvalue weighted by molar-refractivity contribution is 5.56. The van der Waals surface area contributed by atoms with Gasteiger partial charge in [-0.25, -0.2) is 4.98 Å². The molecule has 1 atom stereocenters. The van der Waals surface area contributed by atoms with Crippen molar-refractivity contribution >= 4 is 11.5 Å². The lowest BCUT2D eigenvalue weighted by Crippen LogP contribution is -2.45. The van der Waals surface area contributed by atoms with Crippen molar-refractivity contribution in [1.82, 2.24) is 14.3 Å². The van der Waals surface area contributed by atoms with Crippen molar-refractivity contribution in [2.45, 2.75) is 25.8 Å². The zero-order valence-corrected chi connectivity index (χ0v) is 13.0. The molecule has 0 spiro atoms. The van der Waals surface area contributed by atoms with Gasteiger partial charge in [-0.05, 0) is 25.6 Å². The molecule has 0 bridgehead atoms. The molecular formula is C16H25N5. The molecule has 3 rings (SSSR count). The predicted molar refractivity (Wildman–Crippen MR) is 86.9 cm³/mol. The summed E-state index contributed by atoms with van der Waals surface area (Å²) in [6.45, 7) is 6.40. The largest absolute Gasteiger partial charge is 0.353 e. The highest BCUT2D eigenvalue weighted by Gasteiger charge is 2.22. The number of anilines is 1. The SMILES string of the molecule is CCC(N)Cc1c(N2CCN(C)CC2)nc2ccccn12. The zero-order valence-electron chi connectivity index (χ0n) is 13.0. The molecule has 0 aromatic carbocycles. The van der Waals surface area contributed by atoms with Gasteiger partial charge in [0.15, 0.2) is 5.82 Å². The van der Waals surface area contributed by atoms with Crippen LogP contribution in [0.25, 0.3) is 5.65 Å². The summed E-state index contributed by atoms with van der Waals surface area (Å²) in [5, 5.41) is 0. The second kappa shape index (κ2) is 6.03. The number of fused-ring (bicyclic) bond motifs is 1. The molecule has 114 valence electrons. The van der Waals surface area contributed by atoms with Crippen molar-refractivity contribution in [1.29, 1.82) is 0 Å². The first kappa shape index (κ1) is 14.4. The van der Waals surface area contributed by atoms with Gasteiger partial charge in [0.25, 0.3) is 0 Å². The molecule has 1 fully saturated rings. The molecule has 0 aliphatic carbocycles. The van der Waals surface area contributed by atoms with Crippen LogP contribution >= 0.6 is 0 Å². The summed E-state index contributed by atoms with van der Waals surface area (Å²) in [4.78, 5) is 9.64. The summed E-state index contributed by atoms with van der Waals surface area (Å²) >= 11 is 0. The van der Waals surface area contributed by atoms with Crippen LogP contribution in [-0.4, -0.2) is 53.6 Å². The molecule has 2 N–H and O–H groups in total. The molecule has 5 nitrogen and oxygen atoms in total. The minimum atomic E-state index is 0.191. The van der Waals surface area contributed by atoms with E-state index in [9.17, 15) is 0 Å². The van der Waals surface area contributed by atoms with Gasteiger partial charge in [-0.1, -0.05) is 13.0 Å². The minimum absolute atomic E-state index is 0.191. The van der Waals surface area contributed by atoms with E-state index in [-0.39, 0.29) is 6.04 Å². The molecule has 1 unspecified atom stereocenters. The zero-order chi connectivity index (χ0) is 14.8. The molecule has 0 saturated carbocycles. The summed E-state index contributed by atoms with van der Waals surface area (Å²) in [6, 6.07) is 6.36. The number of piperazine rings is 1. The number of pyridine rings is 1. The smallest absolute Gasteiger partial charge is 0.151 e.